The van der Waals surface area contributed by atoms with E-state index < -0.39 is 0 Å². The number of aromatic nitrogens is 2. The van der Waals surface area contributed by atoms with E-state index in [0.717, 1.165) is 69.6 Å². The molecule has 7 nitrogen and oxygen atoms in total. The highest BCUT2D eigenvalue weighted by molar-refractivity contribution is 5.84. The van der Waals surface area contributed by atoms with E-state index in [0.29, 0.717) is 18.6 Å². The van der Waals surface area contributed by atoms with Crippen LogP contribution in [0.3, 0.4) is 0 Å². The van der Waals surface area contributed by atoms with Crippen LogP contribution >= 0.6 is 0 Å². The lowest BCUT2D eigenvalue weighted by atomic mass is 9.87. The van der Waals surface area contributed by atoms with Crippen LogP contribution in [-0.2, 0) is 9.59 Å². The van der Waals surface area contributed by atoms with E-state index in [1.54, 1.807) is 0 Å². The number of carbonyl (C=O) groups excluding carboxylic acids is 2. The normalized spacial score (nSPS) is 21.9. The Labute approximate surface area is 167 Å². The van der Waals surface area contributed by atoms with Gasteiger partial charge in [-0.05, 0) is 39.0 Å². The van der Waals surface area contributed by atoms with Crippen molar-refractivity contribution in [3.63, 3.8) is 0 Å². The molecule has 0 atom stereocenters. The third kappa shape index (κ3) is 4.28. The number of piperidine rings is 1. The number of carbonyl (C=O) groups is 2. The van der Waals surface area contributed by atoms with E-state index in [1.165, 1.54) is 19.3 Å². The van der Waals surface area contributed by atoms with Crippen LogP contribution in [0.15, 0.2) is 6.07 Å². The van der Waals surface area contributed by atoms with Crippen LogP contribution in [0.4, 0.5) is 11.6 Å². The smallest absolute Gasteiger partial charge is 0.225 e. The number of piperazine rings is 1. The van der Waals surface area contributed by atoms with Gasteiger partial charge < -0.3 is 14.7 Å². The molecule has 0 spiro atoms. The Bertz CT molecular complexity index is 714. The summed E-state index contributed by atoms with van der Waals surface area (Å²) in [7, 11) is 0. The Morgan fingerprint density at radius 2 is 1.46 bits per heavy atom. The average Bonchev–Trinajstić information content (AvgIpc) is 2.74. The highest BCUT2D eigenvalue weighted by atomic mass is 16.2. The fourth-order valence-corrected chi connectivity index (χ4v) is 4.58. The maximum Gasteiger partial charge on any atom is 0.225 e. The molecule has 0 N–H and O–H groups in total. The summed E-state index contributed by atoms with van der Waals surface area (Å²) in [5.74, 6) is 3.40. The van der Waals surface area contributed by atoms with Crippen molar-refractivity contribution < 1.29 is 9.59 Å². The minimum Gasteiger partial charge on any atom is -0.356 e. The molecule has 28 heavy (non-hydrogen) atoms. The average molecular weight is 386 g/mol. The van der Waals surface area contributed by atoms with Gasteiger partial charge in [-0.2, -0.15) is 0 Å². The molecule has 7 heteroatoms. The quantitative estimate of drug-likeness (QED) is 0.794. The van der Waals surface area contributed by atoms with E-state index in [4.69, 9.17) is 0 Å². The Morgan fingerprint density at radius 3 is 2.07 bits per heavy atom. The molecule has 2 aliphatic heterocycles. The first-order valence-corrected chi connectivity index (χ1v) is 10.8. The molecule has 3 heterocycles. The molecule has 1 aliphatic carbocycles. The first-order chi connectivity index (χ1) is 13.6. The molecule has 3 fully saturated rings. The minimum atomic E-state index is 0.0382. The number of nitrogens with zero attached hydrogens (tertiary/aromatic N) is 5. The predicted molar refractivity (Wildman–Crippen MR) is 109 cm³/mol. The molecule has 3 aliphatic rings. The molecule has 1 saturated carbocycles. The Morgan fingerprint density at radius 1 is 0.893 bits per heavy atom. The summed E-state index contributed by atoms with van der Waals surface area (Å²) in [6.07, 6.45) is 6.34. The summed E-state index contributed by atoms with van der Waals surface area (Å²) in [4.78, 5) is 40.2. The molecule has 4 rings (SSSR count). The molecule has 2 saturated heterocycles. The Hall–Kier alpha value is -2.18. The number of hydrogen-bond donors (Lipinski definition) is 0. The molecule has 152 valence electrons. The van der Waals surface area contributed by atoms with Crippen LogP contribution in [0.1, 0.15) is 50.8 Å². The second-order valence-electron chi connectivity index (χ2n) is 8.30. The van der Waals surface area contributed by atoms with Crippen LogP contribution < -0.4 is 9.80 Å². The van der Waals surface area contributed by atoms with Crippen LogP contribution in [0.25, 0.3) is 0 Å². The van der Waals surface area contributed by atoms with Crippen LogP contribution in [-0.4, -0.2) is 65.8 Å². The van der Waals surface area contributed by atoms with Gasteiger partial charge in [-0.25, -0.2) is 9.97 Å². The molecule has 1 amide bonds. The van der Waals surface area contributed by atoms with Crippen LogP contribution in [0, 0.1) is 12.8 Å². The number of Topliss-reactive ketones (excluding diaryl/α,β-unsaturated/α-hetero) is 1. The highest BCUT2D eigenvalue weighted by Gasteiger charge is 2.30. The number of hydrogen-bond acceptors (Lipinski definition) is 6. The first kappa shape index (κ1) is 19.2. The van der Waals surface area contributed by atoms with Crippen molar-refractivity contribution in [2.24, 2.45) is 5.92 Å². The van der Waals surface area contributed by atoms with Gasteiger partial charge in [0, 0.05) is 64.1 Å². The van der Waals surface area contributed by atoms with Gasteiger partial charge in [0.15, 0.2) is 0 Å². The summed E-state index contributed by atoms with van der Waals surface area (Å²) in [6, 6.07) is 2.11. The summed E-state index contributed by atoms with van der Waals surface area (Å²) in [5.41, 5.74) is 0. The van der Waals surface area contributed by atoms with Crippen molar-refractivity contribution in [3.05, 3.63) is 11.9 Å². The van der Waals surface area contributed by atoms with Crippen LogP contribution in [0.2, 0.25) is 0 Å². The van der Waals surface area contributed by atoms with Crippen molar-refractivity contribution >= 4 is 23.3 Å². The topological polar surface area (TPSA) is 69.6 Å². The monoisotopic (exact) mass is 385 g/mol. The summed E-state index contributed by atoms with van der Waals surface area (Å²) >= 11 is 0. The zero-order valence-electron chi connectivity index (χ0n) is 16.9. The molecule has 1 aromatic rings. The predicted octanol–water partition coefficient (Wildman–Crippen LogP) is 2.18. The number of amides is 1. The first-order valence-electron chi connectivity index (χ1n) is 10.8. The number of ketones is 1. The van der Waals surface area contributed by atoms with E-state index in [-0.39, 0.29) is 11.8 Å². The maximum absolute atomic E-state index is 12.8. The van der Waals surface area contributed by atoms with Crippen molar-refractivity contribution in [2.75, 3.05) is 49.1 Å². The Kier molecular flexibility index (Phi) is 5.78. The lowest BCUT2D eigenvalue weighted by molar-refractivity contribution is -0.137. The molecule has 0 radical (unpaired) electrons. The van der Waals surface area contributed by atoms with Gasteiger partial charge >= 0.3 is 0 Å². The molecule has 0 bridgehead atoms. The number of anilines is 2. The fraction of sp³-hybridized carbons (Fsp3) is 0.714. The lowest BCUT2D eigenvalue weighted by Crippen LogP contribution is -2.51. The van der Waals surface area contributed by atoms with E-state index in [9.17, 15) is 9.59 Å². The summed E-state index contributed by atoms with van der Waals surface area (Å²) < 4.78 is 0. The van der Waals surface area contributed by atoms with Crippen molar-refractivity contribution in [1.82, 2.24) is 14.9 Å². The second kappa shape index (κ2) is 8.45. The highest BCUT2D eigenvalue weighted by Crippen LogP contribution is 2.26. The molecule has 0 aromatic carbocycles. The lowest BCUT2D eigenvalue weighted by Gasteiger charge is -2.38. The summed E-state index contributed by atoms with van der Waals surface area (Å²) in [6.45, 7) is 7.16. The number of aryl methyl sites for hydroxylation is 1. The zero-order chi connectivity index (χ0) is 19.5. The van der Waals surface area contributed by atoms with Gasteiger partial charge in [0.25, 0.3) is 0 Å². The van der Waals surface area contributed by atoms with E-state index in [2.05, 4.69) is 25.8 Å². The van der Waals surface area contributed by atoms with Crippen molar-refractivity contribution in [1.29, 1.82) is 0 Å². The third-order valence-corrected chi connectivity index (χ3v) is 6.30. The van der Waals surface area contributed by atoms with Crippen molar-refractivity contribution in [3.8, 4) is 0 Å². The fourth-order valence-electron chi connectivity index (χ4n) is 4.58. The van der Waals surface area contributed by atoms with Gasteiger partial charge in [0.05, 0.1) is 0 Å². The van der Waals surface area contributed by atoms with Gasteiger partial charge in [0.1, 0.15) is 23.2 Å². The zero-order valence-corrected chi connectivity index (χ0v) is 16.9. The molecule has 1 aromatic heterocycles. The van der Waals surface area contributed by atoms with Gasteiger partial charge in [0.2, 0.25) is 5.91 Å². The third-order valence-electron chi connectivity index (χ3n) is 6.30. The SMILES string of the molecule is Cc1nc(N2CCCCC2)cc(N2CCN(C(=O)C3CCC(=O)CC3)CC2)n1. The number of rotatable bonds is 3. The van der Waals surface area contributed by atoms with E-state index in [1.807, 2.05) is 11.8 Å². The molecule has 0 unspecified atom stereocenters. The molecular formula is C21H31N5O2. The minimum absolute atomic E-state index is 0.0382. The van der Waals surface area contributed by atoms with Gasteiger partial charge in [-0.3, -0.25) is 9.59 Å². The molecular weight excluding hydrogens is 354 g/mol. The maximum atomic E-state index is 12.8. The second-order valence-corrected chi connectivity index (χ2v) is 8.30. The standard InChI is InChI=1S/C21H31N5O2/c1-16-22-19(24-9-3-2-4-10-24)15-20(23-16)25-11-13-26(14-12-25)21(28)17-5-7-18(27)8-6-17/h15,17H,2-14H2,1H3. The van der Waals surface area contributed by atoms with Crippen molar-refractivity contribution in [2.45, 2.75) is 51.9 Å². The largest absolute Gasteiger partial charge is 0.356 e. The van der Waals surface area contributed by atoms with Gasteiger partial charge in [-0.15, -0.1) is 0 Å². The van der Waals surface area contributed by atoms with Crippen LogP contribution in [0.5, 0.6) is 0 Å². The van der Waals surface area contributed by atoms with Gasteiger partial charge in [-0.1, -0.05) is 0 Å². The van der Waals surface area contributed by atoms with E-state index >= 15 is 0 Å². The summed E-state index contributed by atoms with van der Waals surface area (Å²) in [5, 5.41) is 0. The Balaban J connectivity index is 1.37.